The smallest absolute Gasteiger partial charge is 0.416 e. The summed E-state index contributed by atoms with van der Waals surface area (Å²) in [4.78, 5) is 13.8. The van der Waals surface area contributed by atoms with Gasteiger partial charge in [0.1, 0.15) is 0 Å². The highest BCUT2D eigenvalue weighted by molar-refractivity contribution is 5.89. The van der Waals surface area contributed by atoms with E-state index in [2.05, 4.69) is 0 Å². The predicted molar refractivity (Wildman–Crippen MR) is 115 cm³/mol. The lowest BCUT2D eigenvalue weighted by molar-refractivity contribution is -0.137. The molecule has 1 fully saturated rings. The first-order valence-electron chi connectivity index (χ1n) is 9.88. The Bertz CT molecular complexity index is 883. The van der Waals surface area contributed by atoms with Gasteiger partial charge in [0.05, 0.1) is 11.1 Å². The number of benzene rings is 2. The van der Waals surface area contributed by atoms with Gasteiger partial charge in [0.2, 0.25) is 0 Å². The Morgan fingerprint density at radius 2 is 1.77 bits per heavy atom. The van der Waals surface area contributed by atoms with E-state index in [9.17, 15) is 23.1 Å². The third kappa shape index (κ3) is 5.28. The number of carboxylic acids is 1. The summed E-state index contributed by atoms with van der Waals surface area (Å²) in [6.07, 6.45) is -0.293. The molecule has 3 rings (SSSR count). The number of nitrogens with zero attached hydrogens (tertiary/aromatic N) is 1. The van der Waals surface area contributed by atoms with Crippen LogP contribution in [0.15, 0.2) is 42.5 Å². The van der Waals surface area contributed by atoms with Crippen molar-refractivity contribution in [1.29, 1.82) is 0 Å². The van der Waals surface area contributed by atoms with E-state index < -0.39 is 17.7 Å². The van der Waals surface area contributed by atoms with Gasteiger partial charge in [0, 0.05) is 19.8 Å². The largest absolute Gasteiger partial charge is 0.478 e. The Morgan fingerprint density at radius 1 is 1.10 bits per heavy atom. The number of carboxylic acid groups (broad SMARTS) is 1. The minimum atomic E-state index is -4.49. The normalized spacial score (nSPS) is 19.1. The highest BCUT2D eigenvalue weighted by atomic mass is 35.5. The number of para-hydroxylation sites is 1. The van der Waals surface area contributed by atoms with Crippen LogP contribution in [0.25, 0.3) is 0 Å². The van der Waals surface area contributed by atoms with Gasteiger partial charge in [-0.25, -0.2) is 4.79 Å². The minimum absolute atomic E-state index is 0. The van der Waals surface area contributed by atoms with Crippen LogP contribution in [-0.2, 0) is 12.6 Å². The maximum absolute atomic E-state index is 13.3. The van der Waals surface area contributed by atoms with Crippen molar-refractivity contribution in [2.45, 2.75) is 44.2 Å². The second kappa shape index (κ2) is 9.73. The molecule has 0 bridgehead atoms. The number of anilines is 1. The Morgan fingerprint density at radius 3 is 2.40 bits per heavy atom. The molecule has 1 N–H and O–H groups in total. The summed E-state index contributed by atoms with van der Waals surface area (Å²) in [7, 11) is 3.93. The van der Waals surface area contributed by atoms with Crippen molar-refractivity contribution in [2.75, 3.05) is 19.0 Å². The zero-order valence-electron chi connectivity index (χ0n) is 17.1. The first-order chi connectivity index (χ1) is 13.7. The molecule has 7 heteroatoms. The Kier molecular flexibility index (Phi) is 7.81. The SMILES string of the molecule is CN(C)c1ccccc1CC1CCCCC1c1cc(C(F)(F)F)ccc1C(=O)O.Cl. The zero-order valence-corrected chi connectivity index (χ0v) is 17.9. The van der Waals surface area contributed by atoms with Crippen molar-refractivity contribution in [1.82, 2.24) is 0 Å². The standard InChI is InChI=1S/C23H26F3NO2.ClH/c1-27(2)21-10-6-4-8-16(21)13-15-7-3-5-9-18(15)20-14-17(23(24,25)26)11-12-19(20)22(28)29;/h4,6,8,10-12,14-15,18H,3,5,7,9,13H2,1-2H3,(H,28,29);1H. The van der Waals surface area contributed by atoms with Crippen molar-refractivity contribution in [2.24, 2.45) is 5.92 Å². The highest BCUT2D eigenvalue weighted by Crippen LogP contribution is 2.43. The van der Waals surface area contributed by atoms with Gasteiger partial charge in [0.15, 0.2) is 0 Å². The molecular formula is C23H27ClF3NO2. The quantitative estimate of drug-likeness (QED) is 0.583. The predicted octanol–water partition coefficient (Wildman–Crippen LogP) is 6.41. The third-order valence-electron chi connectivity index (χ3n) is 5.87. The van der Waals surface area contributed by atoms with Crippen molar-refractivity contribution in [3.05, 3.63) is 64.7 Å². The molecule has 2 unspecified atom stereocenters. The van der Waals surface area contributed by atoms with Crippen molar-refractivity contribution in [3.8, 4) is 0 Å². The monoisotopic (exact) mass is 441 g/mol. The fourth-order valence-electron chi connectivity index (χ4n) is 4.50. The van der Waals surface area contributed by atoms with E-state index in [4.69, 9.17) is 0 Å². The van der Waals surface area contributed by atoms with Crippen LogP contribution in [0, 0.1) is 5.92 Å². The first-order valence-corrected chi connectivity index (χ1v) is 9.88. The number of hydrogen-bond acceptors (Lipinski definition) is 2. The van der Waals surface area contributed by atoms with Crippen molar-refractivity contribution in [3.63, 3.8) is 0 Å². The summed E-state index contributed by atoms with van der Waals surface area (Å²) in [5, 5.41) is 9.59. The lowest BCUT2D eigenvalue weighted by Gasteiger charge is -2.34. The first kappa shape index (κ1) is 24.1. The molecule has 0 aromatic heterocycles. The van der Waals surface area contributed by atoms with Crippen LogP contribution in [0.4, 0.5) is 18.9 Å². The molecule has 0 amide bonds. The molecule has 0 saturated heterocycles. The summed E-state index contributed by atoms with van der Waals surface area (Å²) in [5.41, 5.74) is 1.74. The van der Waals surface area contributed by atoms with Crippen molar-refractivity contribution >= 4 is 24.1 Å². The van der Waals surface area contributed by atoms with Crippen LogP contribution in [0.2, 0.25) is 0 Å². The van der Waals surface area contributed by atoms with Gasteiger partial charge < -0.3 is 10.0 Å². The van der Waals surface area contributed by atoms with Gasteiger partial charge in [-0.05, 0) is 66.5 Å². The van der Waals surface area contributed by atoms with Crippen molar-refractivity contribution < 1.29 is 23.1 Å². The van der Waals surface area contributed by atoms with E-state index in [1.807, 2.05) is 43.3 Å². The fourth-order valence-corrected chi connectivity index (χ4v) is 4.50. The van der Waals surface area contributed by atoms with E-state index in [1.165, 1.54) is 0 Å². The summed E-state index contributed by atoms with van der Waals surface area (Å²) in [6, 6.07) is 11.0. The van der Waals surface area contributed by atoms with Gasteiger partial charge in [-0.3, -0.25) is 0 Å². The molecule has 3 nitrogen and oxygen atoms in total. The van der Waals surface area contributed by atoms with Gasteiger partial charge >= 0.3 is 12.1 Å². The summed E-state index contributed by atoms with van der Waals surface area (Å²) in [5.74, 6) is -1.27. The van der Waals surface area contributed by atoms with Gasteiger partial charge in [-0.15, -0.1) is 12.4 Å². The maximum Gasteiger partial charge on any atom is 0.416 e. The summed E-state index contributed by atoms with van der Waals surface area (Å²) < 4.78 is 39.9. The lowest BCUT2D eigenvalue weighted by Crippen LogP contribution is -2.24. The average molecular weight is 442 g/mol. The topological polar surface area (TPSA) is 40.5 Å². The van der Waals surface area contributed by atoms with Gasteiger partial charge in [0.25, 0.3) is 0 Å². The number of rotatable bonds is 5. The maximum atomic E-state index is 13.3. The van der Waals surface area contributed by atoms with Crippen LogP contribution >= 0.6 is 12.4 Å². The molecule has 0 heterocycles. The summed E-state index contributed by atoms with van der Waals surface area (Å²) in [6.45, 7) is 0. The van der Waals surface area contributed by atoms with Crippen LogP contribution in [0.3, 0.4) is 0 Å². The Labute approximate surface area is 181 Å². The second-order valence-electron chi connectivity index (χ2n) is 7.98. The van der Waals surface area contributed by atoms with Gasteiger partial charge in [-0.2, -0.15) is 13.2 Å². The number of alkyl halides is 3. The number of carbonyl (C=O) groups is 1. The molecule has 0 spiro atoms. The fraction of sp³-hybridized carbons (Fsp3) is 0.435. The molecular weight excluding hydrogens is 415 g/mol. The number of halogens is 4. The van der Waals surface area contributed by atoms with E-state index in [0.717, 1.165) is 48.7 Å². The molecule has 2 atom stereocenters. The Balaban J connectivity index is 0.00000320. The molecule has 30 heavy (non-hydrogen) atoms. The lowest BCUT2D eigenvalue weighted by atomic mass is 9.71. The molecule has 0 radical (unpaired) electrons. The van der Waals surface area contributed by atoms with E-state index in [-0.39, 0.29) is 29.8 Å². The summed E-state index contributed by atoms with van der Waals surface area (Å²) >= 11 is 0. The molecule has 164 valence electrons. The minimum Gasteiger partial charge on any atom is -0.478 e. The Hall–Kier alpha value is -2.21. The molecule has 1 aliphatic carbocycles. The molecule has 2 aromatic rings. The van der Waals surface area contributed by atoms with E-state index >= 15 is 0 Å². The van der Waals surface area contributed by atoms with Crippen LogP contribution in [-0.4, -0.2) is 25.2 Å². The molecule has 1 aliphatic rings. The van der Waals surface area contributed by atoms with Crippen LogP contribution in [0.5, 0.6) is 0 Å². The second-order valence-corrected chi connectivity index (χ2v) is 7.98. The van der Waals surface area contributed by atoms with Crippen LogP contribution in [0.1, 0.15) is 58.6 Å². The van der Waals surface area contributed by atoms with E-state index in [0.29, 0.717) is 18.4 Å². The number of hydrogen-bond donors (Lipinski definition) is 1. The van der Waals surface area contributed by atoms with E-state index in [1.54, 1.807) is 0 Å². The molecule has 2 aromatic carbocycles. The third-order valence-corrected chi connectivity index (χ3v) is 5.87. The highest BCUT2D eigenvalue weighted by Gasteiger charge is 2.35. The number of aromatic carboxylic acids is 1. The van der Waals surface area contributed by atoms with Gasteiger partial charge in [-0.1, -0.05) is 31.0 Å². The molecule has 0 aliphatic heterocycles. The van der Waals surface area contributed by atoms with Crippen LogP contribution < -0.4 is 4.90 Å². The average Bonchev–Trinajstić information content (AvgIpc) is 2.67. The molecule has 1 saturated carbocycles. The zero-order chi connectivity index (χ0) is 21.2.